The maximum atomic E-state index is 13.5. The van der Waals surface area contributed by atoms with E-state index >= 15 is 0 Å². The summed E-state index contributed by atoms with van der Waals surface area (Å²) in [6.07, 6.45) is 2.13. The van der Waals surface area contributed by atoms with Gasteiger partial charge in [0.25, 0.3) is 5.56 Å². The SMILES string of the molecule is O=c1[nH]cncc1-c1cc([N+](=O)[O-])c(F)cc1F. The Balaban J connectivity index is 2.73. The van der Waals surface area contributed by atoms with Gasteiger partial charge in [0.15, 0.2) is 0 Å². The lowest BCUT2D eigenvalue weighted by Crippen LogP contribution is -2.10. The zero-order chi connectivity index (χ0) is 13.3. The summed E-state index contributed by atoms with van der Waals surface area (Å²) in [5.74, 6) is -2.38. The van der Waals surface area contributed by atoms with Crippen LogP contribution in [0.25, 0.3) is 11.1 Å². The first-order valence-electron chi connectivity index (χ1n) is 4.67. The van der Waals surface area contributed by atoms with Gasteiger partial charge in [-0.3, -0.25) is 14.9 Å². The minimum Gasteiger partial charge on any atom is -0.313 e. The average Bonchev–Trinajstić information content (AvgIpc) is 2.30. The van der Waals surface area contributed by atoms with Crippen LogP contribution in [0.1, 0.15) is 0 Å². The first-order valence-corrected chi connectivity index (χ1v) is 4.67. The molecule has 0 spiro atoms. The van der Waals surface area contributed by atoms with E-state index in [9.17, 15) is 23.7 Å². The van der Waals surface area contributed by atoms with Crippen LogP contribution in [0.5, 0.6) is 0 Å². The lowest BCUT2D eigenvalue weighted by atomic mass is 10.1. The lowest BCUT2D eigenvalue weighted by Gasteiger charge is -2.02. The minimum absolute atomic E-state index is 0.210. The average molecular weight is 253 g/mol. The van der Waals surface area contributed by atoms with Gasteiger partial charge in [-0.15, -0.1) is 0 Å². The molecule has 1 heterocycles. The Hall–Kier alpha value is -2.64. The van der Waals surface area contributed by atoms with Crippen molar-refractivity contribution in [3.05, 3.63) is 56.8 Å². The maximum absolute atomic E-state index is 13.5. The normalized spacial score (nSPS) is 10.3. The molecule has 0 atom stereocenters. The Bertz CT molecular complexity index is 684. The van der Waals surface area contributed by atoms with Crippen molar-refractivity contribution in [2.75, 3.05) is 0 Å². The fourth-order valence-corrected chi connectivity index (χ4v) is 1.42. The second-order valence-electron chi connectivity index (χ2n) is 3.33. The molecule has 0 unspecified atom stereocenters. The molecule has 18 heavy (non-hydrogen) atoms. The van der Waals surface area contributed by atoms with Gasteiger partial charge in [-0.1, -0.05) is 0 Å². The Labute approximate surface area is 98.1 Å². The third kappa shape index (κ3) is 1.95. The monoisotopic (exact) mass is 253 g/mol. The van der Waals surface area contributed by atoms with Gasteiger partial charge in [0.05, 0.1) is 16.8 Å². The molecule has 0 fully saturated rings. The van der Waals surface area contributed by atoms with Crippen LogP contribution in [0.2, 0.25) is 0 Å². The highest BCUT2D eigenvalue weighted by Crippen LogP contribution is 2.27. The second kappa shape index (κ2) is 4.32. The second-order valence-corrected chi connectivity index (χ2v) is 3.33. The number of hydrogen-bond acceptors (Lipinski definition) is 4. The van der Waals surface area contributed by atoms with Gasteiger partial charge in [0.2, 0.25) is 5.82 Å². The van der Waals surface area contributed by atoms with Crippen LogP contribution in [0.15, 0.2) is 29.5 Å². The minimum atomic E-state index is -1.30. The largest absolute Gasteiger partial charge is 0.313 e. The molecule has 1 aromatic heterocycles. The molecule has 0 radical (unpaired) electrons. The Morgan fingerprint density at radius 2 is 1.94 bits per heavy atom. The molecule has 6 nitrogen and oxygen atoms in total. The summed E-state index contributed by atoms with van der Waals surface area (Å²) in [5.41, 5.74) is -2.17. The highest BCUT2D eigenvalue weighted by molar-refractivity contribution is 5.65. The molecule has 8 heteroatoms. The van der Waals surface area contributed by atoms with Crippen molar-refractivity contribution in [1.29, 1.82) is 0 Å². The number of nitrogens with one attached hydrogen (secondary N) is 1. The quantitative estimate of drug-likeness (QED) is 0.650. The summed E-state index contributed by atoms with van der Waals surface area (Å²) < 4.78 is 26.6. The van der Waals surface area contributed by atoms with E-state index in [0.717, 1.165) is 12.5 Å². The van der Waals surface area contributed by atoms with Crippen molar-refractivity contribution >= 4 is 5.69 Å². The molecule has 0 bridgehead atoms. The van der Waals surface area contributed by atoms with Crippen LogP contribution >= 0.6 is 0 Å². The summed E-state index contributed by atoms with van der Waals surface area (Å²) >= 11 is 0. The van der Waals surface area contributed by atoms with Crippen molar-refractivity contribution in [3.8, 4) is 11.1 Å². The van der Waals surface area contributed by atoms with E-state index in [2.05, 4.69) is 9.97 Å². The molecule has 0 saturated carbocycles. The van der Waals surface area contributed by atoms with E-state index < -0.39 is 27.8 Å². The molecule has 1 N–H and O–H groups in total. The number of nitro benzene ring substituents is 1. The molecular formula is C10H5F2N3O3. The first-order chi connectivity index (χ1) is 8.50. The standard InChI is InChI=1S/C10H5F2N3O3/c11-7-2-8(12)9(15(17)18)1-5(7)6-3-13-4-14-10(6)16/h1-4H,(H,13,14,16). The van der Waals surface area contributed by atoms with Crippen LogP contribution in [0, 0.1) is 21.7 Å². The van der Waals surface area contributed by atoms with Crippen LogP contribution in [0.3, 0.4) is 0 Å². The Morgan fingerprint density at radius 3 is 2.56 bits per heavy atom. The Morgan fingerprint density at radius 1 is 1.22 bits per heavy atom. The van der Waals surface area contributed by atoms with E-state index in [1.165, 1.54) is 0 Å². The summed E-state index contributed by atoms with van der Waals surface area (Å²) in [6.45, 7) is 0. The fourth-order valence-electron chi connectivity index (χ4n) is 1.42. The van der Waals surface area contributed by atoms with Gasteiger partial charge < -0.3 is 4.98 Å². The lowest BCUT2D eigenvalue weighted by molar-refractivity contribution is -0.387. The zero-order valence-electron chi connectivity index (χ0n) is 8.68. The van der Waals surface area contributed by atoms with Crippen molar-refractivity contribution < 1.29 is 13.7 Å². The van der Waals surface area contributed by atoms with Gasteiger partial charge >= 0.3 is 5.69 Å². The summed E-state index contributed by atoms with van der Waals surface area (Å²) in [6, 6.07) is 1.02. The van der Waals surface area contributed by atoms with E-state index in [4.69, 9.17) is 0 Å². The van der Waals surface area contributed by atoms with Crippen LogP contribution in [-0.4, -0.2) is 14.9 Å². The molecule has 2 aromatic rings. The third-order valence-electron chi connectivity index (χ3n) is 2.24. The van der Waals surface area contributed by atoms with Crippen molar-refractivity contribution in [3.63, 3.8) is 0 Å². The van der Waals surface area contributed by atoms with Crippen LogP contribution < -0.4 is 5.56 Å². The number of halogens is 2. The van der Waals surface area contributed by atoms with Crippen LogP contribution in [-0.2, 0) is 0 Å². The van der Waals surface area contributed by atoms with E-state index in [1.807, 2.05) is 0 Å². The third-order valence-corrected chi connectivity index (χ3v) is 2.24. The van der Waals surface area contributed by atoms with Gasteiger partial charge in [0.1, 0.15) is 5.82 Å². The van der Waals surface area contributed by atoms with Crippen molar-refractivity contribution in [2.45, 2.75) is 0 Å². The van der Waals surface area contributed by atoms with Gasteiger partial charge in [-0.05, 0) is 0 Å². The molecule has 0 amide bonds. The molecule has 0 saturated heterocycles. The number of aromatic nitrogens is 2. The number of H-pyrrole nitrogens is 1. The van der Waals surface area contributed by atoms with Crippen LogP contribution in [0.4, 0.5) is 14.5 Å². The highest BCUT2D eigenvalue weighted by atomic mass is 19.1. The molecule has 0 aliphatic carbocycles. The molecule has 0 aliphatic heterocycles. The predicted molar refractivity (Wildman–Crippen MR) is 56.9 cm³/mol. The summed E-state index contributed by atoms with van der Waals surface area (Å²) in [5, 5.41) is 10.5. The maximum Gasteiger partial charge on any atom is 0.305 e. The molecule has 0 aliphatic rings. The number of nitro groups is 1. The van der Waals surface area contributed by atoms with Gasteiger partial charge in [0, 0.05) is 23.9 Å². The predicted octanol–water partition coefficient (Wildman–Crippen LogP) is 1.62. The van der Waals surface area contributed by atoms with Crippen molar-refractivity contribution in [2.24, 2.45) is 0 Å². The first kappa shape index (κ1) is 11.8. The van der Waals surface area contributed by atoms with E-state index in [-0.39, 0.29) is 11.1 Å². The summed E-state index contributed by atoms with van der Waals surface area (Å²) in [4.78, 5) is 26.7. The molecule has 1 aromatic carbocycles. The number of hydrogen-bond donors (Lipinski definition) is 1. The smallest absolute Gasteiger partial charge is 0.305 e. The fraction of sp³-hybridized carbons (Fsp3) is 0. The number of aromatic amines is 1. The number of nitrogens with zero attached hydrogens (tertiary/aromatic N) is 2. The van der Waals surface area contributed by atoms with E-state index in [0.29, 0.717) is 12.1 Å². The summed E-state index contributed by atoms with van der Waals surface area (Å²) in [7, 11) is 0. The van der Waals surface area contributed by atoms with Gasteiger partial charge in [-0.25, -0.2) is 9.37 Å². The number of rotatable bonds is 2. The van der Waals surface area contributed by atoms with Gasteiger partial charge in [-0.2, -0.15) is 4.39 Å². The number of benzene rings is 1. The molecule has 2 rings (SSSR count). The topological polar surface area (TPSA) is 88.9 Å². The Kier molecular flexibility index (Phi) is 2.84. The highest BCUT2D eigenvalue weighted by Gasteiger charge is 2.20. The molecular weight excluding hydrogens is 248 g/mol. The van der Waals surface area contributed by atoms with Crippen molar-refractivity contribution in [1.82, 2.24) is 9.97 Å². The molecule has 92 valence electrons. The zero-order valence-corrected chi connectivity index (χ0v) is 8.68. The van der Waals surface area contributed by atoms with E-state index in [1.54, 1.807) is 0 Å².